The number of nitrogens with two attached hydrogens (primary N) is 1. The molecule has 0 saturated carbocycles. The fourth-order valence-corrected chi connectivity index (χ4v) is 5.37. The topological polar surface area (TPSA) is 97.0 Å². The van der Waals surface area contributed by atoms with E-state index >= 15 is 0 Å². The summed E-state index contributed by atoms with van der Waals surface area (Å²) in [5.74, 6) is 0.403. The smallest absolute Gasteiger partial charge is 0.399 e. The number of nitrogens with one attached hydrogen (secondary N) is 1. The molecule has 0 aliphatic heterocycles. The molecule has 4 aromatic rings. The predicted octanol–water partition coefficient (Wildman–Crippen LogP) is 5.83. The highest BCUT2D eigenvalue weighted by atomic mass is 32.1. The molecule has 1 aliphatic rings. The third-order valence-electron chi connectivity index (χ3n) is 5.98. The Balaban J connectivity index is 1.46. The van der Waals surface area contributed by atoms with Gasteiger partial charge in [0.15, 0.2) is 0 Å². The van der Waals surface area contributed by atoms with Crippen LogP contribution in [0.5, 0.6) is 0 Å². The Morgan fingerprint density at radius 3 is 2.71 bits per heavy atom. The number of pyridine rings is 2. The van der Waals surface area contributed by atoms with Crippen LogP contribution >= 0.6 is 11.3 Å². The van der Waals surface area contributed by atoms with E-state index in [4.69, 9.17) is 5.73 Å². The van der Waals surface area contributed by atoms with Crippen LogP contribution in [0.15, 0.2) is 54.9 Å². The molecule has 4 N–H and O–H groups in total. The number of fused-ring (bicyclic) bond motifs is 1. The summed E-state index contributed by atoms with van der Waals surface area (Å²) >= 11 is 1.34. The van der Waals surface area contributed by atoms with Crippen molar-refractivity contribution in [3.63, 3.8) is 0 Å². The number of nitrogens with zero attached hydrogens (tertiary/aromatic N) is 3. The van der Waals surface area contributed by atoms with Crippen LogP contribution in [0.1, 0.15) is 40.1 Å². The number of benzene rings is 1. The van der Waals surface area contributed by atoms with Gasteiger partial charge in [-0.3, -0.25) is 0 Å². The van der Waals surface area contributed by atoms with E-state index in [0.717, 1.165) is 52.7 Å². The van der Waals surface area contributed by atoms with Crippen LogP contribution in [0, 0.1) is 6.92 Å². The number of hydrogen-bond donors (Lipinski definition) is 3. The van der Waals surface area contributed by atoms with Crippen molar-refractivity contribution in [3.8, 4) is 10.6 Å². The molecule has 0 bridgehead atoms. The first-order chi connectivity index (χ1) is 16.6. The number of aliphatic hydroxyl groups is 1. The van der Waals surface area contributed by atoms with E-state index in [0.29, 0.717) is 28.6 Å². The first-order valence-corrected chi connectivity index (χ1v) is 11.8. The largest absolute Gasteiger partial charge is 0.416 e. The van der Waals surface area contributed by atoms with Gasteiger partial charge in [0.05, 0.1) is 16.1 Å². The lowest BCUT2D eigenvalue weighted by Gasteiger charge is -2.33. The van der Waals surface area contributed by atoms with Crippen molar-refractivity contribution in [2.75, 3.05) is 11.1 Å². The van der Waals surface area contributed by atoms with Gasteiger partial charge < -0.3 is 16.2 Å². The second-order valence-electron chi connectivity index (χ2n) is 8.63. The maximum absolute atomic E-state index is 13.1. The zero-order valence-electron chi connectivity index (χ0n) is 18.7. The van der Waals surface area contributed by atoms with Crippen molar-refractivity contribution in [3.05, 3.63) is 82.1 Å². The van der Waals surface area contributed by atoms with Crippen molar-refractivity contribution in [1.82, 2.24) is 15.0 Å². The molecular formula is C25H22F3N5OS. The van der Waals surface area contributed by atoms with Crippen LogP contribution in [0.4, 0.5) is 30.5 Å². The average Bonchev–Trinajstić information content (AvgIpc) is 3.30. The van der Waals surface area contributed by atoms with Crippen LogP contribution in [-0.2, 0) is 18.2 Å². The fourth-order valence-electron chi connectivity index (χ4n) is 4.36. The maximum Gasteiger partial charge on any atom is 0.416 e. The minimum Gasteiger partial charge on any atom is -0.399 e. The average molecular weight is 498 g/mol. The summed E-state index contributed by atoms with van der Waals surface area (Å²) in [6.07, 6.45) is 0.506. The minimum absolute atomic E-state index is 0.0428. The third kappa shape index (κ3) is 4.59. The van der Waals surface area contributed by atoms with Crippen molar-refractivity contribution >= 4 is 28.7 Å². The summed E-state index contributed by atoms with van der Waals surface area (Å²) in [5.41, 5.74) is 7.87. The second-order valence-corrected chi connectivity index (χ2v) is 9.66. The van der Waals surface area contributed by atoms with Gasteiger partial charge in [-0.1, -0.05) is 6.07 Å². The number of anilines is 3. The molecule has 35 heavy (non-hydrogen) atoms. The second kappa shape index (κ2) is 8.62. The number of thiazole rings is 1. The van der Waals surface area contributed by atoms with E-state index < -0.39 is 17.3 Å². The summed E-state index contributed by atoms with van der Waals surface area (Å²) in [4.78, 5) is 13.8. The minimum atomic E-state index is -4.46. The molecule has 1 unspecified atom stereocenters. The molecule has 0 spiro atoms. The lowest BCUT2D eigenvalue weighted by Crippen LogP contribution is -2.31. The highest BCUT2D eigenvalue weighted by Gasteiger charge is 2.39. The first-order valence-electron chi connectivity index (χ1n) is 11.0. The van der Waals surface area contributed by atoms with Crippen LogP contribution in [0.2, 0.25) is 0 Å². The highest BCUT2D eigenvalue weighted by molar-refractivity contribution is 7.15. The van der Waals surface area contributed by atoms with Gasteiger partial charge >= 0.3 is 6.18 Å². The lowest BCUT2D eigenvalue weighted by atomic mass is 9.79. The number of hydrogen-bond acceptors (Lipinski definition) is 7. The van der Waals surface area contributed by atoms with Gasteiger partial charge in [0.25, 0.3) is 0 Å². The van der Waals surface area contributed by atoms with E-state index in [2.05, 4.69) is 20.3 Å². The maximum atomic E-state index is 13.1. The molecule has 1 aromatic carbocycles. The van der Waals surface area contributed by atoms with Gasteiger partial charge in [0.1, 0.15) is 22.2 Å². The number of aryl methyl sites for hydroxylation is 2. The lowest BCUT2D eigenvalue weighted by molar-refractivity contribution is -0.137. The molecule has 10 heteroatoms. The van der Waals surface area contributed by atoms with Crippen LogP contribution < -0.4 is 11.1 Å². The normalized spacial score (nSPS) is 17.7. The first kappa shape index (κ1) is 23.3. The molecular weight excluding hydrogens is 475 g/mol. The Kier molecular flexibility index (Phi) is 5.72. The number of alkyl halides is 3. The molecule has 0 radical (unpaired) electrons. The van der Waals surface area contributed by atoms with Crippen molar-refractivity contribution in [1.29, 1.82) is 0 Å². The van der Waals surface area contributed by atoms with Gasteiger partial charge in [-0.25, -0.2) is 15.0 Å². The number of halogens is 3. The Hall–Kier alpha value is -3.50. The van der Waals surface area contributed by atoms with Crippen molar-refractivity contribution in [2.45, 2.75) is 38.0 Å². The van der Waals surface area contributed by atoms with E-state index in [-0.39, 0.29) is 5.82 Å². The summed E-state index contributed by atoms with van der Waals surface area (Å²) in [7, 11) is 0. The summed E-state index contributed by atoms with van der Waals surface area (Å²) in [6.45, 7) is 1.87. The molecule has 5 rings (SSSR count). The predicted molar refractivity (Wildman–Crippen MR) is 129 cm³/mol. The van der Waals surface area contributed by atoms with Gasteiger partial charge in [-0.05, 0) is 79.3 Å². The Bertz CT molecular complexity index is 1400. The quantitative estimate of drug-likeness (QED) is 0.307. The van der Waals surface area contributed by atoms with Gasteiger partial charge in [0.2, 0.25) is 0 Å². The molecule has 1 atom stereocenters. The number of nitrogen functional groups attached to an aromatic ring is 1. The molecule has 180 valence electrons. The Morgan fingerprint density at radius 2 is 1.91 bits per heavy atom. The van der Waals surface area contributed by atoms with Crippen LogP contribution in [-0.4, -0.2) is 20.1 Å². The Morgan fingerprint density at radius 1 is 1.09 bits per heavy atom. The summed E-state index contributed by atoms with van der Waals surface area (Å²) in [5, 5.41) is 15.0. The van der Waals surface area contributed by atoms with Crippen LogP contribution in [0.3, 0.4) is 0 Å². The van der Waals surface area contributed by atoms with Gasteiger partial charge in [0, 0.05) is 18.1 Å². The zero-order chi connectivity index (χ0) is 24.8. The molecule has 3 heterocycles. The molecule has 1 aliphatic carbocycles. The summed E-state index contributed by atoms with van der Waals surface area (Å²) in [6, 6.07) is 11.0. The van der Waals surface area contributed by atoms with Crippen molar-refractivity contribution < 1.29 is 18.3 Å². The highest BCUT2D eigenvalue weighted by Crippen LogP contribution is 2.44. The van der Waals surface area contributed by atoms with Gasteiger partial charge in [-0.15, -0.1) is 11.3 Å². The van der Waals surface area contributed by atoms with Gasteiger partial charge in [-0.2, -0.15) is 13.2 Å². The molecule has 0 amide bonds. The molecule has 0 fully saturated rings. The zero-order valence-corrected chi connectivity index (χ0v) is 19.5. The molecule has 0 saturated heterocycles. The van der Waals surface area contributed by atoms with E-state index in [9.17, 15) is 18.3 Å². The van der Waals surface area contributed by atoms with E-state index in [1.54, 1.807) is 18.3 Å². The third-order valence-corrected chi connectivity index (χ3v) is 7.16. The monoisotopic (exact) mass is 497 g/mol. The van der Waals surface area contributed by atoms with E-state index in [1.165, 1.54) is 11.3 Å². The number of rotatable bonds is 4. The standard InChI is InChI=1S/C25H22F3N5OS/c1-14-9-19(32-22(10-14)33-21-12-16(6-8-30-21)25(26,27)28)20-13-31-23(35-20)24(34)7-2-3-15-11-17(29)4-5-18(15)24/h4-6,8-13,34H,2-3,7,29H2,1H3,(H,30,32,33). The van der Waals surface area contributed by atoms with Crippen LogP contribution in [0.25, 0.3) is 10.6 Å². The van der Waals surface area contributed by atoms with Crippen molar-refractivity contribution in [2.24, 2.45) is 0 Å². The van der Waals surface area contributed by atoms with E-state index in [1.807, 2.05) is 25.1 Å². The Labute approximate surface area is 203 Å². The molecule has 6 nitrogen and oxygen atoms in total. The SMILES string of the molecule is Cc1cc(Nc2cc(C(F)(F)F)ccn2)nc(-c2cnc(C3(O)CCCc4cc(N)ccc43)s2)c1. The molecule has 3 aromatic heterocycles. The fraction of sp³-hybridized carbons (Fsp3) is 0.240. The number of aromatic nitrogens is 3. The summed E-state index contributed by atoms with van der Waals surface area (Å²) < 4.78 is 39.2.